The maximum absolute atomic E-state index is 13.0. The van der Waals surface area contributed by atoms with E-state index < -0.39 is 17.5 Å². The summed E-state index contributed by atoms with van der Waals surface area (Å²) in [6.07, 6.45) is 0. The van der Waals surface area contributed by atoms with Gasteiger partial charge in [0.25, 0.3) is 5.91 Å². The van der Waals surface area contributed by atoms with E-state index in [1.807, 2.05) is 6.07 Å². The van der Waals surface area contributed by atoms with E-state index in [-0.39, 0.29) is 16.1 Å². The Hall–Kier alpha value is -2.45. The summed E-state index contributed by atoms with van der Waals surface area (Å²) in [4.78, 5) is 11.8. The van der Waals surface area contributed by atoms with E-state index in [4.69, 9.17) is 16.9 Å². The topological polar surface area (TPSA) is 52.9 Å². The zero-order valence-electron chi connectivity index (χ0n) is 9.95. The van der Waals surface area contributed by atoms with Crippen molar-refractivity contribution in [3.8, 4) is 6.07 Å². The Labute approximate surface area is 118 Å². The van der Waals surface area contributed by atoms with Gasteiger partial charge in [0.1, 0.15) is 17.7 Å². The zero-order chi connectivity index (χ0) is 14.7. The number of hydrogen-bond donors (Lipinski definition) is 1. The molecule has 2 rings (SSSR count). The summed E-state index contributed by atoms with van der Waals surface area (Å²) in [5.74, 6) is -2.37. The highest BCUT2D eigenvalue weighted by atomic mass is 35.5. The molecule has 2 aromatic carbocycles. The molecule has 0 saturated carbocycles. The van der Waals surface area contributed by atoms with Crippen molar-refractivity contribution < 1.29 is 13.6 Å². The van der Waals surface area contributed by atoms with Crippen molar-refractivity contribution in [2.24, 2.45) is 0 Å². The van der Waals surface area contributed by atoms with Crippen LogP contribution in [0.5, 0.6) is 0 Å². The van der Waals surface area contributed by atoms with Crippen molar-refractivity contribution in [3.05, 3.63) is 64.2 Å². The van der Waals surface area contributed by atoms with Crippen LogP contribution in [0.3, 0.4) is 0 Å². The fraction of sp³-hybridized carbons (Fsp3) is 0. The number of nitrogens with zero attached hydrogens (tertiary/aromatic N) is 1. The van der Waals surface area contributed by atoms with Crippen LogP contribution in [0.1, 0.15) is 15.9 Å². The standard InChI is InChI=1S/C14H7ClF2N2O/c15-13-2-1-12(5-9(13)7-18)19-14(20)8-3-10(16)6-11(17)4-8/h1-6H,(H,19,20). The summed E-state index contributed by atoms with van der Waals surface area (Å²) in [6, 6.07) is 8.67. The third kappa shape index (κ3) is 3.11. The Morgan fingerprint density at radius 3 is 2.40 bits per heavy atom. The third-order valence-electron chi connectivity index (χ3n) is 2.47. The molecule has 0 radical (unpaired) electrons. The highest BCUT2D eigenvalue weighted by Gasteiger charge is 2.10. The molecular weight excluding hydrogens is 286 g/mol. The van der Waals surface area contributed by atoms with Gasteiger partial charge in [0.15, 0.2) is 0 Å². The first-order valence-corrected chi connectivity index (χ1v) is 5.84. The number of nitriles is 1. The van der Waals surface area contributed by atoms with Crippen molar-refractivity contribution in [2.75, 3.05) is 5.32 Å². The number of rotatable bonds is 2. The van der Waals surface area contributed by atoms with Crippen LogP contribution >= 0.6 is 11.6 Å². The highest BCUT2D eigenvalue weighted by molar-refractivity contribution is 6.31. The molecule has 0 atom stereocenters. The van der Waals surface area contributed by atoms with Gasteiger partial charge in [0.2, 0.25) is 0 Å². The quantitative estimate of drug-likeness (QED) is 0.916. The first-order chi connectivity index (χ1) is 9.49. The second kappa shape index (κ2) is 5.68. The fourth-order valence-electron chi connectivity index (χ4n) is 1.58. The third-order valence-corrected chi connectivity index (χ3v) is 2.80. The molecule has 3 nitrogen and oxygen atoms in total. The molecule has 0 aliphatic rings. The minimum atomic E-state index is -0.844. The number of anilines is 1. The molecule has 2 aromatic rings. The first kappa shape index (κ1) is 14.0. The number of nitrogens with one attached hydrogen (secondary N) is 1. The average Bonchev–Trinajstić information content (AvgIpc) is 2.39. The van der Waals surface area contributed by atoms with E-state index in [1.165, 1.54) is 18.2 Å². The fourth-order valence-corrected chi connectivity index (χ4v) is 1.74. The van der Waals surface area contributed by atoms with Gasteiger partial charge in [-0.1, -0.05) is 11.6 Å². The van der Waals surface area contributed by atoms with E-state index in [0.29, 0.717) is 11.8 Å². The van der Waals surface area contributed by atoms with Crippen LogP contribution in [0, 0.1) is 23.0 Å². The Balaban J connectivity index is 2.26. The molecule has 1 amide bonds. The predicted octanol–water partition coefficient (Wildman–Crippen LogP) is 3.74. The lowest BCUT2D eigenvalue weighted by atomic mass is 10.1. The minimum Gasteiger partial charge on any atom is -0.322 e. The van der Waals surface area contributed by atoms with Gasteiger partial charge in [0, 0.05) is 17.3 Å². The second-order valence-electron chi connectivity index (χ2n) is 3.92. The van der Waals surface area contributed by atoms with E-state index in [2.05, 4.69) is 5.32 Å². The van der Waals surface area contributed by atoms with Crippen LogP contribution in [0.15, 0.2) is 36.4 Å². The van der Waals surface area contributed by atoms with Gasteiger partial charge in [-0.05, 0) is 30.3 Å². The zero-order valence-corrected chi connectivity index (χ0v) is 10.7. The Kier molecular flexibility index (Phi) is 3.97. The lowest BCUT2D eigenvalue weighted by Gasteiger charge is -2.06. The van der Waals surface area contributed by atoms with Gasteiger partial charge in [-0.2, -0.15) is 5.26 Å². The lowest BCUT2D eigenvalue weighted by Crippen LogP contribution is -2.12. The molecule has 0 fully saturated rings. The molecule has 20 heavy (non-hydrogen) atoms. The second-order valence-corrected chi connectivity index (χ2v) is 4.33. The van der Waals surface area contributed by atoms with Crippen molar-refractivity contribution in [2.45, 2.75) is 0 Å². The van der Waals surface area contributed by atoms with Gasteiger partial charge >= 0.3 is 0 Å². The molecule has 6 heteroatoms. The van der Waals surface area contributed by atoms with Crippen LogP contribution in [0.4, 0.5) is 14.5 Å². The summed E-state index contributed by atoms with van der Waals surface area (Å²) in [7, 11) is 0. The monoisotopic (exact) mass is 292 g/mol. The average molecular weight is 293 g/mol. The van der Waals surface area contributed by atoms with Crippen LogP contribution in [0.2, 0.25) is 5.02 Å². The molecule has 0 aliphatic carbocycles. The molecule has 0 unspecified atom stereocenters. The molecule has 0 saturated heterocycles. The van der Waals surface area contributed by atoms with Gasteiger partial charge in [-0.3, -0.25) is 4.79 Å². The number of carbonyl (C=O) groups is 1. The Bertz CT molecular complexity index is 705. The smallest absolute Gasteiger partial charge is 0.255 e. The molecule has 100 valence electrons. The number of carbonyl (C=O) groups excluding carboxylic acids is 1. The Morgan fingerprint density at radius 1 is 1.15 bits per heavy atom. The molecule has 1 N–H and O–H groups in total. The molecule has 0 heterocycles. The summed E-state index contributed by atoms with van der Waals surface area (Å²) in [5, 5.41) is 11.5. The van der Waals surface area contributed by atoms with Gasteiger partial charge < -0.3 is 5.32 Å². The van der Waals surface area contributed by atoms with Crippen LogP contribution < -0.4 is 5.32 Å². The normalized spacial score (nSPS) is 9.90. The maximum atomic E-state index is 13.0. The first-order valence-electron chi connectivity index (χ1n) is 5.46. The van der Waals surface area contributed by atoms with E-state index in [9.17, 15) is 13.6 Å². The van der Waals surface area contributed by atoms with Crippen molar-refractivity contribution in [1.82, 2.24) is 0 Å². The highest BCUT2D eigenvalue weighted by Crippen LogP contribution is 2.20. The SMILES string of the molecule is N#Cc1cc(NC(=O)c2cc(F)cc(F)c2)ccc1Cl. The van der Waals surface area contributed by atoms with Crippen molar-refractivity contribution >= 4 is 23.2 Å². The van der Waals surface area contributed by atoms with E-state index in [0.717, 1.165) is 12.1 Å². The van der Waals surface area contributed by atoms with Crippen LogP contribution in [-0.4, -0.2) is 5.91 Å². The van der Waals surface area contributed by atoms with Gasteiger partial charge in [-0.25, -0.2) is 8.78 Å². The molecule has 0 spiro atoms. The van der Waals surface area contributed by atoms with Crippen LogP contribution in [-0.2, 0) is 0 Å². The number of halogens is 3. The van der Waals surface area contributed by atoms with Gasteiger partial charge in [0.05, 0.1) is 10.6 Å². The molecular formula is C14H7ClF2N2O. The lowest BCUT2D eigenvalue weighted by molar-refractivity contribution is 0.102. The number of hydrogen-bond acceptors (Lipinski definition) is 2. The minimum absolute atomic E-state index is 0.157. The largest absolute Gasteiger partial charge is 0.322 e. The van der Waals surface area contributed by atoms with Crippen LogP contribution in [0.25, 0.3) is 0 Å². The maximum Gasteiger partial charge on any atom is 0.255 e. The Morgan fingerprint density at radius 2 is 1.80 bits per heavy atom. The van der Waals surface area contributed by atoms with Crippen molar-refractivity contribution in [1.29, 1.82) is 5.26 Å². The molecule has 0 aromatic heterocycles. The van der Waals surface area contributed by atoms with E-state index >= 15 is 0 Å². The predicted molar refractivity (Wildman–Crippen MR) is 70.5 cm³/mol. The number of amides is 1. The molecule has 0 bridgehead atoms. The van der Waals surface area contributed by atoms with Crippen molar-refractivity contribution in [3.63, 3.8) is 0 Å². The number of benzene rings is 2. The summed E-state index contributed by atoms with van der Waals surface area (Å²) in [6.45, 7) is 0. The van der Waals surface area contributed by atoms with E-state index in [1.54, 1.807) is 0 Å². The summed E-state index contributed by atoms with van der Waals surface area (Å²) < 4.78 is 26.0. The summed E-state index contributed by atoms with van der Waals surface area (Å²) >= 11 is 5.76. The summed E-state index contributed by atoms with van der Waals surface area (Å²) in [5.41, 5.74) is 0.339. The van der Waals surface area contributed by atoms with Gasteiger partial charge in [-0.15, -0.1) is 0 Å². The molecule has 0 aliphatic heterocycles.